The van der Waals surface area contributed by atoms with E-state index in [1.807, 2.05) is 20.8 Å². The van der Waals surface area contributed by atoms with Gasteiger partial charge in [0.15, 0.2) is 9.84 Å². The second kappa shape index (κ2) is 6.85. The van der Waals surface area contributed by atoms with Crippen LogP contribution in [-0.4, -0.2) is 30.0 Å². The number of nitrogens with two attached hydrogens (primary N) is 1. The highest BCUT2D eigenvalue weighted by Gasteiger charge is 2.22. The third-order valence-corrected chi connectivity index (χ3v) is 5.61. The SMILES string of the molecule is CCc1nn(CC)c(CS(=O)(=O)CC(N)CC)c1Br. The molecule has 0 saturated heterocycles. The molecule has 0 bridgehead atoms. The highest BCUT2D eigenvalue weighted by atomic mass is 79.9. The predicted molar refractivity (Wildman–Crippen MR) is 80.7 cm³/mol. The molecule has 0 spiro atoms. The van der Waals surface area contributed by atoms with E-state index >= 15 is 0 Å². The van der Waals surface area contributed by atoms with E-state index in [4.69, 9.17) is 5.73 Å². The van der Waals surface area contributed by atoms with Crippen LogP contribution in [0, 0.1) is 0 Å². The molecular weight excluding hydrogens is 330 g/mol. The van der Waals surface area contributed by atoms with Crippen molar-refractivity contribution < 1.29 is 8.42 Å². The molecule has 0 aromatic carbocycles. The Morgan fingerprint density at radius 3 is 2.47 bits per heavy atom. The fourth-order valence-electron chi connectivity index (χ4n) is 1.87. The third-order valence-electron chi connectivity index (χ3n) is 3.04. The fraction of sp³-hybridized carbons (Fsp3) is 0.750. The summed E-state index contributed by atoms with van der Waals surface area (Å²) in [5.41, 5.74) is 7.36. The summed E-state index contributed by atoms with van der Waals surface area (Å²) in [6.45, 7) is 6.50. The maximum Gasteiger partial charge on any atom is 0.157 e. The van der Waals surface area contributed by atoms with Crippen LogP contribution in [0.25, 0.3) is 0 Å². The second-order valence-corrected chi connectivity index (χ2v) is 7.50. The molecule has 0 aliphatic carbocycles. The van der Waals surface area contributed by atoms with E-state index in [-0.39, 0.29) is 17.5 Å². The number of hydrogen-bond acceptors (Lipinski definition) is 4. The lowest BCUT2D eigenvalue weighted by molar-refractivity contribution is 0.575. The van der Waals surface area contributed by atoms with Gasteiger partial charge in [0.05, 0.1) is 27.4 Å². The van der Waals surface area contributed by atoms with E-state index in [1.165, 1.54) is 0 Å². The van der Waals surface area contributed by atoms with Gasteiger partial charge in [0.2, 0.25) is 0 Å². The largest absolute Gasteiger partial charge is 0.327 e. The molecule has 1 heterocycles. The first-order chi connectivity index (χ1) is 8.84. The summed E-state index contributed by atoms with van der Waals surface area (Å²) in [7, 11) is -3.21. The van der Waals surface area contributed by atoms with Gasteiger partial charge in [0.25, 0.3) is 0 Å². The summed E-state index contributed by atoms with van der Waals surface area (Å²) in [5.74, 6) is 0.00835. The molecule has 110 valence electrons. The van der Waals surface area contributed by atoms with Gasteiger partial charge in [0, 0.05) is 12.6 Å². The van der Waals surface area contributed by atoms with Gasteiger partial charge in [-0.3, -0.25) is 4.68 Å². The summed E-state index contributed by atoms with van der Waals surface area (Å²) in [4.78, 5) is 0. The number of aryl methyl sites for hydroxylation is 2. The van der Waals surface area contributed by atoms with Crippen LogP contribution in [0.2, 0.25) is 0 Å². The van der Waals surface area contributed by atoms with Crippen LogP contribution in [0.5, 0.6) is 0 Å². The van der Waals surface area contributed by atoms with E-state index in [1.54, 1.807) is 4.68 Å². The minimum absolute atomic E-state index is 0.0118. The van der Waals surface area contributed by atoms with Crippen LogP contribution >= 0.6 is 15.9 Å². The highest BCUT2D eigenvalue weighted by molar-refractivity contribution is 9.10. The van der Waals surface area contributed by atoms with Crippen molar-refractivity contribution in [2.45, 2.75) is 52.0 Å². The van der Waals surface area contributed by atoms with Crippen molar-refractivity contribution in [3.05, 3.63) is 15.9 Å². The van der Waals surface area contributed by atoms with E-state index in [2.05, 4.69) is 21.0 Å². The first kappa shape index (κ1) is 16.7. The molecular formula is C12H22BrN3O2S. The van der Waals surface area contributed by atoms with Crippen molar-refractivity contribution in [1.82, 2.24) is 9.78 Å². The zero-order valence-corrected chi connectivity index (χ0v) is 14.1. The molecule has 1 atom stereocenters. The van der Waals surface area contributed by atoms with Gasteiger partial charge in [-0.25, -0.2) is 8.42 Å². The molecule has 7 heteroatoms. The number of sulfone groups is 1. The van der Waals surface area contributed by atoms with Gasteiger partial charge in [-0.1, -0.05) is 13.8 Å². The average molecular weight is 352 g/mol. The number of hydrogen-bond donors (Lipinski definition) is 1. The standard InChI is InChI=1S/C12H22BrN3O2S/c1-4-9(14)7-19(17,18)8-11-12(13)10(5-2)15-16(11)6-3/h9H,4-8,14H2,1-3H3. The smallest absolute Gasteiger partial charge is 0.157 e. The summed E-state index contributed by atoms with van der Waals surface area (Å²) >= 11 is 3.46. The molecule has 19 heavy (non-hydrogen) atoms. The summed E-state index contributed by atoms with van der Waals surface area (Å²) in [5, 5.41) is 4.40. The van der Waals surface area contributed by atoms with Crippen LogP contribution in [0.15, 0.2) is 4.47 Å². The molecule has 0 amide bonds. The molecule has 1 aromatic rings. The number of rotatable bonds is 7. The van der Waals surface area contributed by atoms with Crippen LogP contribution in [0.3, 0.4) is 0 Å². The van der Waals surface area contributed by atoms with Crippen molar-refractivity contribution in [3.63, 3.8) is 0 Å². The van der Waals surface area contributed by atoms with Crippen molar-refractivity contribution in [1.29, 1.82) is 0 Å². The Kier molecular flexibility index (Phi) is 6.01. The number of nitrogens with zero attached hydrogens (tertiary/aromatic N) is 2. The average Bonchev–Trinajstić information content (AvgIpc) is 2.65. The number of aromatic nitrogens is 2. The molecule has 0 aliphatic heterocycles. The zero-order valence-electron chi connectivity index (χ0n) is 11.7. The Morgan fingerprint density at radius 2 is 2.00 bits per heavy atom. The Bertz CT molecular complexity index is 525. The lowest BCUT2D eigenvalue weighted by Gasteiger charge is -2.11. The third kappa shape index (κ3) is 4.29. The quantitative estimate of drug-likeness (QED) is 0.813. The lowest BCUT2D eigenvalue weighted by atomic mass is 10.3. The predicted octanol–water partition coefficient (Wildman–Crippen LogP) is 1.88. The maximum absolute atomic E-state index is 12.1. The molecule has 1 unspecified atom stereocenters. The van der Waals surface area contributed by atoms with Crippen LogP contribution in [-0.2, 0) is 28.6 Å². The minimum Gasteiger partial charge on any atom is -0.327 e. The van der Waals surface area contributed by atoms with Crippen LogP contribution in [0.1, 0.15) is 38.6 Å². The minimum atomic E-state index is -3.21. The topological polar surface area (TPSA) is 78.0 Å². The number of halogens is 1. The molecule has 0 aliphatic rings. The first-order valence-corrected chi connectivity index (χ1v) is 9.16. The van der Waals surface area contributed by atoms with E-state index in [0.29, 0.717) is 13.0 Å². The van der Waals surface area contributed by atoms with Gasteiger partial charge >= 0.3 is 0 Å². The van der Waals surface area contributed by atoms with Gasteiger partial charge < -0.3 is 5.73 Å². The van der Waals surface area contributed by atoms with Crippen molar-refractivity contribution >= 4 is 25.8 Å². The first-order valence-electron chi connectivity index (χ1n) is 6.54. The van der Waals surface area contributed by atoms with E-state index < -0.39 is 9.84 Å². The highest BCUT2D eigenvalue weighted by Crippen LogP contribution is 2.24. The molecule has 2 N–H and O–H groups in total. The fourth-order valence-corrected chi connectivity index (χ4v) is 4.47. The molecule has 0 radical (unpaired) electrons. The zero-order chi connectivity index (χ0) is 14.6. The van der Waals surface area contributed by atoms with E-state index in [0.717, 1.165) is 22.3 Å². The summed E-state index contributed by atoms with van der Waals surface area (Å²) in [6, 6.07) is -0.299. The maximum atomic E-state index is 12.1. The molecule has 1 aromatic heterocycles. The monoisotopic (exact) mass is 351 g/mol. The summed E-state index contributed by atoms with van der Waals surface area (Å²) < 4.78 is 26.8. The van der Waals surface area contributed by atoms with E-state index in [9.17, 15) is 8.42 Å². The normalized spacial score (nSPS) is 13.7. The van der Waals surface area contributed by atoms with Crippen LogP contribution in [0.4, 0.5) is 0 Å². The molecule has 0 fully saturated rings. The van der Waals surface area contributed by atoms with Gasteiger partial charge in [-0.2, -0.15) is 5.10 Å². The Hall–Kier alpha value is -0.400. The van der Waals surface area contributed by atoms with Crippen molar-refractivity contribution in [2.75, 3.05) is 5.75 Å². The van der Waals surface area contributed by atoms with Gasteiger partial charge in [-0.05, 0) is 35.7 Å². The Labute approximate surface area is 123 Å². The Balaban J connectivity index is 3.01. The van der Waals surface area contributed by atoms with Crippen molar-refractivity contribution in [2.24, 2.45) is 5.73 Å². The summed E-state index contributed by atoms with van der Waals surface area (Å²) in [6.07, 6.45) is 1.43. The lowest BCUT2D eigenvalue weighted by Crippen LogP contribution is -2.30. The molecule has 0 saturated carbocycles. The second-order valence-electron chi connectivity index (χ2n) is 4.60. The molecule has 1 rings (SSSR count). The van der Waals surface area contributed by atoms with Crippen molar-refractivity contribution in [3.8, 4) is 0 Å². The van der Waals surface area contributed by atoms with Crippen LogP contribution < -0.4 is 5.73 Å². The van der Waals surface area contributed by atoms with Gasteiger partial charge in [-0.15, -0.1) is 0 Å². The van der Waals surface area contributed by atoms with Gasteiger partial charge in [0.1, 0.15) is 0 Å². The molecule has 5 nitrogen and oxygen atoms in total. The Morgan fingerprint density at radius 1 is 1.37 bits per heavy atom.